The first kappa shape index (κ1) is 14.8. The Morgan fingerprint density at radius 1 is 0.750 bits per heavy atom. The van der Waals surface area contributed by atoms with E-state index < -0.39 is 0 Å². The molecule has 4 nitrogen and oxygen atoms in total. The maximum absolute atomic E-state index is 12.3. The van der Waals surface area contributed by atoms with E-state index in [0.29, 0.717) is 5.69 Å². The van der Waals surface area contributed by atoms with Gasteiger partial charge in [-0.05, 0) is 24.3 Å². The monoisotopic (exact) mass is 276 g/mol. The Labute approximate surface area is 139 Å². The number of hydrogen-bond donors (Lipinski definition) is 0. The van der Waals surface area contributed by atoms with Gasteiger partial charge in [0.2, 0.25) is 0 Å². The first-order chi connectivity index (χ1) is 9.27. The van der Waals surface area contributed by atoms with E-state index in [9.17, 15) is 9.59 Å². The first-order valence-corrected chi connectivity index (χ1v) is 6.02. The van der Waals surface area contributed by atoms with Crippen molar-refractivity contribution < 1.29 is 9.59 Å². The van der Waals surface area contributed by atoms with Crippen molar-refractivity contribution >= 4 is 52.9 Å². The molecule has 0 bridgehead atoms. The Morgan fingerprint density at radius 2 is 1.25 bits per heavy atom. The number of carbonyl (C=O) groups excluding carboxylic acids is 2. The predicted octanol–water partition coefficient (Wildman–Crippen LogP) is 2.01. The molecule has 2 aromatic rings. The van der Waals surface area contributed by atoms with E-state index in [4.69, 9.17) is 0 Å². The zero-order chi connectivity index (χ0) is 13.2. The number of para-hydroxylation sites is 2. The molecular formula is C15H13N2NaO2. The van der Waals surface area contributed by atoms with E-state index in [1.165, 1.54) is 9.80 Å². The molecule has 0 aliphatic carbocycles. The Kier molecular flexibility index (Phi) is 4.60. The number of benzene rings is 2. The summed E-state index contributed by atoms with van der Waals surface area (Å²) in [7, 11) is 0. The van der Waals surface area contributed by atoms with E-state index in [-0.39, 0.29) is 48.0 Å². The fraction of sp³-hybridized carbons (Fsp3) is 0.0667. The van der Waals surface area contributed by atoms with Crippen LogP contribution in [-0.4, -0.2) is 48.0 Å². The Bertz CT molecular complexity index is 616. The molecule has 0 N–H and O–H groups in total. The second-order valence-corrected chi connectivity index (χ2v) is 4.27. The molecule has 20 heavy (non-hydrogen) atoms. The van der Waals surface area contributed by atoms with Crippen LogP contribution in [0.3, 0.4) is 0 Å². The van der Waals surface area contributed by atoms with Gasteiger partial charge < -0.3 is 0 Å². The van der Waals surface area contributed by atoms with E-state index in [1.807, 2.05) is 36.4 Å². The Morgan fingerprint density at radius 3 is 1.80 bits per heavy atom. The molecule has 0 radical (unpaired) electrons. The summed E-state index contributed by atoms with van der Waals surface area (Å²) in [6.45, 7) is 0.0811. The average Bonchev–Trinajstić information content (AvgIpc) is 2.76. The van der Waals surface area contributed by atoms with Crippen molar-refractivity contribution in [2.45, 2.75) is 0 Å². The predicted molar refractivity (Wildman–Crippen MR) is 80.3 cm³/mol. The van der Waals surface area contributed by atoms with Crippen molar-refractivity contribution in [1.82, 2.24) is 0 Å². The number of urea groups is 1. The number of carbonyl (C=O) groups is 2. The average molecular weight is 276 g/mol. The molecule has 1 aliphatic heterocycles. The van der Waals surface area contributed by atoms with Crippen LogP contribution in [0.5, 0.6) is 0 Å². The number of nitrogens with zero attached hydrogens (tertiary/aromatic N) is 2. The summed E-state index contributed by atoms with van der Waals surface area (Å²) in [4.78, 5) is 27.1. The van der Waals surface area contributed by atoms with Gasteiger partial charge in [-0.25, -0.2) is 9.69 Å². The molecule has 5 heteroatoms. The van der Waals surface area contributed by atoms with Crippen LogP contribution >= 0.6 is 0 Å². The van der Waals surface area contributed by atoms with E-state index in [1.54, 1.807) is 24.3 Å². The molecule has 1 heterocycles. The van der Waals surface area contributed by atoms with Gasteiger partial charge in [0.05, 0.1) is 5.69 Å². The quantitative estimate of drug-likeness (QED) is 0.622. The third-order valence-corrected chi connectivity index (χ3v) is 3.05. The van der Waals surface area contributed by atoms with Crippen LogP contribution in [0, 0.1) is 0 Å². The van der Waals surface area contributed by atoms with Gasteiger partial charge in [-0.15, -0.1) is 0 Å². The third-order valence-electron chi connectivity index (χ3n) is 3.05. The SMILES string of the molecule is O=C1CN(c2ccccc2)C(=O)N1c1ccccc1.[NaH]. The molecule has 96 valence electrons. The normalized spacial score (nSPS) is 14.4. The zero-order valence-corrected chi connectivity index (χ0v) is 10.2. The summed E-state index contributed by atoms with van der Waals surface area (Å²) < 4.78 is 0. The van der Waals surface area contributed by atoms with Gasteiger partial charge in [0.1, 0.15) is 6.54 Å². The Balaban J connectivity index is 0.00000147. The van der Waals surface area contributed by atoms with Gasteiger partial charge in [-0.2, -0.15) is 0 Å². The number of hydrogen-bond acceptors (Lipinski definition) is 2. The van der Waals surface area contributed by atoms with Crippen molar-refractivity contribution in [3.05, 3.63) is 60.7 Å². The minimum absolute atomic E-state index is 0. The summed E-state index contributed by atoms with van der Waals surface area (Å²) in [5, 5.41) is 0. The van der Waals surface area contributed by atoms with Crippen molar-refractivity contribution in [3.63, 3.8) is 0 Å². The molecule has 3 amide bonds. The number of imide groups is 1. The second-order valence-electron chi connectivity index (χ2n) is 4.27. The summed E-state index contributed by atoms with van der Waals surface area (Å²) in [5.74, 6) is -0.208. The molecule has 0 aromatic heterocycles. The summed E-state index contributed by atoms with van der Waals surface area (Å²) in [6, 6.07) is 17.9. The zero-order valence-electron chi connectivity index (χ0n) is 10.2. The van der Waals surface area contributed by atoms with Gasteiger partial charge >= 0.3 is 35.6 Å². The molecule has 1 saturated heterocycles. The van der Waals surface area contributed by atoms with Gasteiger partial charge in [0, 0.05) is 5.69 Å². The second kappa shape index (κ2) is 6.22. The van der Waals surface area contributed by atoms with Crippen LogP contribution in [0.1, 0.15) is 0 Å². The van der Waals surface area contributed by atoms with Crippen LogP contribution in [0.4, 0.5) is 16.2 Å². The van der Waals surface area contributed by atoms with Crippen LogP contribution in [-0.2, 0) is 4.79 Å². The summed E-state index contributed by atoms with van der Waals surface area (Å²) in [6.07, 6.45) is 0. The number of rotatable bonds is 2. The topological polar surface area (TPSA) is 40.6 Å². The molecule has 2 aromatic carbocycles. The van der Waals surface area contributed by atoms with E-state index >= 15 is 0 Å². The van der Waals surface area contributed by atoms with Gasteiger partial charge in [0.15, 0.2) is 0 Å². The summed E-state index contributed by atoms with van der Waals surface area (Å²) >= 11 is 0. The van der Waals surface area contributed by atoms with Gasteiger partial charge in [-0.1, -0.05) is 36.4 Å². The molecule has 3 rings (SSSR count). The van der Waals surface area contributed by atoms with Crippen LogP contribution in [0.2, 0.25) is 0 Å². The molecule has 1 aliphatic rings. The van der Waals surface area contributed by atoms with Crippen LogP contribution in [0.15, 0.2) is 60.7 Å². The fourth-order valence-corrected chi connectivity index (χ4v) is 2.14. The molecule has 1 fully saturated rings. The van der Waals surface area contributed by atoms with E-state index in [0.717, 1.165) is 5.69 Å². The Hall–Kier alpha value is -1.62. The van der Waals surface area contributed by atoms with Crippen molar-refractivity contribution in [3.8, 4) is 0 Å². The molecule has 0 unspecified atom stereocenters. The van der Waals surface area contributed by atoms with Gasteiger partial charge in [0.25, 0.3) is 5.91 Å². The molecule has 0 atom stereocenters. The summed E-state index contributed by atoms with van der Waals surface area (Å²) in [5.41, 5.74) is 1.34. The van der Waals surface area contributed by atoms with Gasteiger partial charge in [-0.3, -0.25) is 9.69 Å². The molecule has 0 spiro atoms. The van der Waals surface area contributed by atoms with Crippen LogP contribution in [0.25, 0.3) is 0 Å². The van der Waals surface area contributed by atoms with E-state index in [2.05, 4.69) is 0 Å². The molecule has 0 saturated carbocycles. The number of anilines is 2. The first-order valence-electron chi connectivity index (χ1n) is 6.02. The van der Waals surface area contributed by atoms with Crippen molar-refractivity contribution in [2.75, 3.05) is 16.3 Å². The minimum atomic E-state index is -0.303. The maximum atomic E-state index is 12.3. The van der Waals surface area contributed by atoms with Crippen LogP contribution < -0.4 is 9.80 Å². The fourth-order valence-electron chi connectivity index (χ4n) is 2.14. The third kappa shape index (κ3) is 2.63. The van der Waals surface area contributed by atoms with Crippen molar-refractivity contribution in [2.24, 2.45) is 0 Å². The standard InChI is InChI=1S/C15H12N2O2.Na.H/c18-14-11-16(12-7-3-1-4-8-12)15(19)17(14)13-9-5-2-6-10-13;;/h1-10H,11H2;;. The van der Waals surface area contributed by atoms with Crippen molar-refractivity contribution in [1.29, 1.82) is 0 Å². The number of amides is 3. The molecular weight excluding hydrogens is 263 g/mol.